The van der Waals surface area contributed by atoms with Crippen LogP contribution in [0.5, 0.6) is 5.88 Å². The molecular weight excluding hydrogens is 262 g/mol. The minimum Gasteiger partial charge on any atom is -0.478 e. The molecular formula is C17H17N3O. The predicted molar refractivity (Wildman–Crippen MR) is 82.7 cm³/mol. The Morgan fingerprint density at radius 2 is 1.90 bits per heavy atom. The third kappa shape index (κ3) is 2.79. The Hall–Kier alpha value is -2.62. The van der Waals surface area contributed by atoms with Crippen molar-refractivity contribution in [1.29, 1.82) is 0 Å². The van der Waals surface area contributed by atoms with Crippen LogP contribution in [0.4, 0.5) is 0 Å². The van der Waals surface area contributed by atoms with Crippen molar-refractivity contribution in [2.75, 3.05) is 6.61 Å². The van der Waals surface area contributed by atoms with E-state index in [1.807, 2.05) is 48.9 Å². The summed E-state index contributed by atoms with van der Waals surface area (Å²) in [7, 11) is 0. The summed E-state index contributed by atoms with van der Waals surface area (Å²) in [5.41, 5.74) is 4.08. The third-order valence-electron chi connectivity index (χ3n) is 3.16. The lowest BCUT2D eigenvalue weighted by molar-refractivity contribution is 0.327. The summed E-state index contributed by atoms with van der Waals surface area (Å²) < 4.78 is 7.29. The molecule has 1 aromatic carbocycles. The molecule has 0 saturated carbocycles. The Bertz CT molecular complexity index is 718. The van der Waals surface area contributed by atoms with Gasteiger partial charge < -0.3 is 4.74 Å². The van der Waals surface area contributed by atoms with Crippen LogP contribution >= 0.6 is 0 Å². The van der Waals surface area contributed by atoms with E-state index in [9.17, 15) is 0 Å². The van der Waals surface area contributed by atoms with E-state index in [1.54, 1.807) is 6.20 Å². The molecule has 0 bridgehead atoms. The molecule has 0 aliphatic heterocycles. The summed E-state index contributed by atoms with van der Waals surface area (Å²) in [5.74, 6) is 0.631. The fraction of sp³-hybridized carbons (Fsp3) is 0.176. The van der Waals surface area contributed by atoms with Crippen molar-refractivity contribution in [1.82, 2.24) is 14.8 Å². The summed E-state index contributed by atoms with van der Waals surface area (Å²) >= 11 is 0. The Labute approximate surface area is 124 Å². The number of benzene rings is 1. The van der Waals surface area contributed by atoms with Crippen LogP contribution in [0.1, 0.15) is 12.6 Å². The SMILES string of the molecule is CCOc1ccc(-n2nc(C)cc2-c2ccccc2)cn1. The van der Waals surface area contributed by atoms with Crippen molar-refractivity contribution in [3.05, 3.63) is 60.4 Å². The molecule has 0 unspecified atom stereocenters. The lowest BCUT2D eigenvalue weighted by atomic mass is 10.1. The summed E-state index contributed by atoms with van der Waals surface area (Å²) in [6, 6.07) is 16.1. The van der Waals surface area contributed by atoms with Crippen molar-refractivity contribution in [3.63, 3.8) is 0 Å². The van der Waals surface area contributed by atoms with Crippen LogP contribution in [0.2, 0.25) is 0 Å². The summed E-state index contributed by atoms with van der Waals surface area (Å²) in [4.78, 5) is 4.31. The van der Waals surface area contributed by atoms with Crippen LogP contribution in [0, 0.1) is 6.92 Å². The van der Waals surface area contributed by atoms with Gasteiger partial charge in [-0.15, -0.1) is 0 Å². The van der Waals surface area contributed by atoms with Crippen LogP contribution in [-0.4, -0.2) is 21.4 Å². The van der Waals surface area contributed by atoms with Gasteiger partial charge in [0, 0.05) is 11.6 Å². The van der Waals surface area contributed by atoms with E-state index in [0.29, 0.717) is 12.5 Å². The predicted octanol–water partition coefficient (Wildman–Crippen LogP) is 3.64. The van der Waals surface area contributed by atoms with Crippen molar-refractivity contribution >= 4 is 0 Å². The summed E-state index contributed by atoms with van der Waals surface area (Å²) in [5, 5.41) is 4.57. The highest BCUT2D eigenvalue weighted by molar-refractivity contribution is 5.62. The van der Waals surface area contributed by atoms with Gasteiger partial charge >= 0.3 is 0 Å². The molecule has 2 heterocycles. The zero-order valence-corrected chi connectivity index (χ0v) is 12.2. The van der Waals surface area contributed by atoms with E-state index < -0.39 is 0 Å². The largest absolute Gasteiger partial charge is 0.478 e. The minimum atomic E-state index is 0.614. The smallest absolute Gasteiger partial charge is 0.213 e. The maximum atomic E-state index is 5.38. The average Bonchev–Trinajstić information content (AvgIpc) is 2.91. The van der Waals surface area contributed by atoms with E-state index in [1.165, 1.54) is 0 Å². The first-order chi connectivity index (χ1) is 10.3. The van der Waals surface area contributed by atoms with Gasteiger partial charge in [-0.1, -0.05) is 30.3 Å². The van der Waals surface area contributed by atoms with Crippen molar-refractivity contribution in [2.24, 2.45) is 0 Å². The minimum absolute atomic E-state index is 0.614. The van der Waals surface area contributed by atoms with Crippen LogP contribution in [0.25, 0.3) is 16.9 Å². The van der Waals surface area contributed by atoms with Gasteiger partial charge in [-0.25, -0.2) is 9.67 Å². The van der Waals surface area contributed by atoms with E-state index in [4.69, 9.17) is 4.74 Å². The molecule has 21 heavy (non-hydrogen) atoms. The highest BCUT2D eigenvalue weighted by atomic mass is 16.5. The molecule has 0 saturated heterocycles. The number of nitrogens with zero attached hydrogens (tertiary/aromatic N) is 3. The molecule has 0 spiro atoms. The Morgan fingerprint density at radius 3 is 2.57 bits per heavy atom. The Kier molecular flexibility index (Phi) is 3.69. The van der Waals surface area contributed by atoms with Crippen molar-refractivity contribution in [2.45, 2.75) is 13.8 Å². The van der Waals surface area contributed by atoms with Crippen LogP contribution < -0.4 is 4.74 Å². The van der Waals surface area contributed by atoms with Gasteiger partial charge in [0.2, 0.25) is 5.88 Å². The number of pyridine rings is 1. The molecule has 0 atom stereocenters. The topological polar surface area (TPSA) is 39.9 Å². The highest BCUT2D eigenvalue weighted by Gasteiger charge is 2.10. The fourth-order valence-electron chi connectivity index (χ4n) is 2.24. The van der Waals surface area contributed by atoms with Crippen LogP contribution in [0.15, 0.2) is 54.7 Å². The van der Waals surface area contributed by atoms with Crippen LogP contribution in [0.3, 0.4) is 0 Å². The lowest BCUT2D eigenvalue weighted by Crippen LogP contribution is -2.01. The highest BCUT2D eigenvalue weighted by Crippen LogP contribution is 2.24. The number of hydrogen-bond donors (Lipinski definition) is 0. The van der Waals surface area contributed by atoms with Gasteiger partial charge in [0.05, 0.1) is 29.9 Å². The second-order valence-electron chi connectivity index (χ2n) is 4.74. The van der Waals surface area contributed by atoms with Crippen molar-refractivity contribution < 1.29 is 4.74 Å². The van der Waals surface area contributed by atoms with Gasteiger partial charge in [-0.3, -0.25) is 0 Å². The molecule has 0 N–H and O–H groups in total. The first kappa shape index (κ1) is 13.4. The molecule has 0 fully saturated rings. The number of hydrogen-bond acceptors (Lipinski definition) is 3. The molecule has 2 aromatic heterocycles. The van der Waals surface area contributed by atoms with Gasteiger partial charge in [0.25, 0.3) is 0 Å². The molecule has 3 rings (SSSR count). The zero-order valence-electron chi connectivity index (χ0n) is 12.2. The third-order valence-corrected chi connectivity index (χ3v) is 3.16. The molecule has 0 aliphatic rings. The quantitative estimate of drug-likeness (QED) is 0.732. The van der Waals surface area contributed by atoms with Gasteiger partial charge in [0.15, 0.2) is 0 Å². The molecule has 0 amide bonds. The van der Waals surface area contributed by atoms with E-state index in [0.717, 1.165) is 22.6 Å². The first-order valence-corrected chi connectivity index (χ1v) is 6.99. The summed E-state index contributed by atoms with van der Waals surface area (Å²) in [6.45, 7) is 4.55. The Morgan fingerprint density at radius 1 is 1.10 bits per heavy atom. The monoisotopic (exact) mass is 279 g/mol. The standard InChI is InChI=1S/C17H17N3O/c1-3-21-17-10-9-15(12-18-17)20-16(11-13(2)19-20)14-7-5-4-6-8-14/h4-12H,3H2,1-2H3. The lowest BCUT2D eigenvalue weighted by Gasteiger charge is -2.08. The molecule has 4 nitrogen and oxygen atoms in total. The average molecular weight is 279 g/mol. The normalized spacial score (nSPS) is 10.6. The number of aryl methyl sites for hydroxylation is 1. The van der Waals surface area contributed by atoms with Gasteiger partial charge in [0.1, 0.15) is 0 Å². The maximum absolute atomic E-state index is 5.38. The first-order valence-electron chi connectivity index (χ1n) is 6.99. The molecule has 106 valence electrons. The number of rotatable bonds is 4. The van der Waals surface area contributed by atoms with E-state index in [2.05, 4.69) is 28.3 Å². The van der Waals surface area contributed by atoms with Crippen molar-refractivity contribution in [3.8, 4) is 22.8 Å². The van der Waals surface area contributed by atoms with Gasteiger partial charge in [-0.05, 0) is 26.0 Å². The number of aromatic nitrogens is 3. The molecule has 3 aromatic rings. The maximum Gasteiger partial charge on any atom is 0.213 e. The molecule has 0 radical (unpaired) electrons. The fourth-order valence-corrected chi connectivity index (χ4v) is 2.24. The zero-order chi connectivity index (χ0) is 14.7. The second-order valence-corrected chi connectivity index (χ2v) is 4.74. The molecule has 4 heteroatoms. The second kappa shape index (κ2) is 5.79. The van der Waals surface area contributed by atoms with Gasteiger partial charge in [-0.2, -0.15) is 5.10 Å². The molecule has 0 aliphatic carbocycles. The van der Waals surface area contributed by atoms with Crippen LogP contribution in [-0.2, 0) is 0 Å². The summed E-state index contributed by atoms with van der Waals surface area (Å²) in [6.07, 6.45) is 1.78. The van der Waals surface area contributed by atoms with E-state index in [-0.39, 0.29) is 0 Å². The Balaban J connectivity index is 2.02. The number of ether oxygens (including phenoxy) is 1. The van der Waals surface area contributed by atoms with E-state index >= 15 is 0 Å².